The highest BCUT2D eigenvalue weighted by Gasteiger charge is 2.55. The standard InChI is InChI=1S/C21H24FN3O2/c1-12-18(13(2)27-23-12)21(26)25-11-17(14-3-5-16(22)6-4-14)20-19(25)15-7-9-24(20)10-8-15/h3-6,15,17,19-20H,7-11H2,1-2H3/t17-,19+,20+/m0/s1. The summed E-state index contributed by atoms with van der Waals surface area (Å²) in [5, 5.41) is 3.97. The summed E-state index contributed by atoms with van der Waals surface area (Å²) in [6.07, 6.45) is 2.28. The monoisotopic (exact) mass is 369 g/mol. The summed E-state index contributed by atoms with van der Waals surface area (Å²) in [7, 11) is 0. The second kappa shape index (κ2) is 6.16. The van der Waals surface area contributed by atoms with E-state index >= 15 is 0 Å². The molecule has 142 valence electrons. The first-order valence-corrected chi connectivity index (χ1v) is 9.78. The van der Waals surface area contributed by atoms with E-state index in [1.807, 2.05) is 19.1 Å². The van der Waals surface area contributed by atoms with E-state index in [1.165, 1.54) is 12.1 Å². The van der Waals surface area contributed by atoms with Crippen molar-refractivity contribution >= 4 is 5.91 Å². The Hall–Kier alpha value is -2.21. The second-order valence-corrected chi connectivity index (χ2v) is 8.17. The summed E-state index contributed by atoms with van der Waals surface area (Å²) >= 11 is 0. The highest BCUT2D eigenvalue weighted by Crippen LogP contribution is 2.47. The van der Waals surface area contributed by atoms with E-state index < -0.39 is 0 Å². The molecule has 27 heavy (non-hydrogen) atoms. The Morgan fingerprint density at radius 2 is 1.85 bits per heavy atom. The van der Waals surface area contributed by atoms with E-state index in [2.05, 4.69) is 15.0 Å². The Labute approximate surface area is 158 Å². The first-order chi connectivity index (χ1) is 13.0. The van der Waals surface area contributed by atoms with Crippen LogP contribution in [-0.4, -0.2) is 52.6 Å². The highest BCUT2D eigenvalue weighted by molar-refractivity contribution is 5.96. The van der Waals surface area contributed by atoms with Crippen LogP contribution in [0.4, 0.5) is 4.39 Å². The van der Waals surface area contributed by atoms with Gasteiger partial charge in [0.25, 0.3) is 5.91 Å². The SMILES string of the molecule is Cc1noc(C)c1C(=O)N1C[C@@H](c2ccc(F)cc2)[C@@H]2[C@H]1C1CCN2CC1. The summed E-state index contributed by atoms with van der Waals surface area (Å²) in [6.45, 7) is 6.48. The predicted molar refractivity (Wildman–Crippen MR) is 98.0 cm³/mol. The molecular weight excluding hydrogens is 345 g/mol. The maximum Gasteiger partial charge on any atom is 0.259 e. The Kier molecular flexibility index (Phi) is 3.86. The molecule has 0 unspecified atom stereocenters. The third kappa shape index (κ3) is 2.53. The van der Waals surface area contributed by atoms with Crippen LogP contribution in [0.2, 0.25) is 0 Å². The number of fused-ring (bicyclic) bond motifs is 2. The van der Waals surface area contributed by atoms with Gasteiger partial charge in [0, 0.05) is 18.5 Å². The molecule has 1 aromatic heterocycles. The van der Waals surface area contributed by atoms with E-state index in [0.29, 0.717) is 35.5 Å². The van der Waals surface area contributed by atoms with Gasteiger partial charge in [-0.2, -0.15) is 0 Å². The average Bonchev–Trinajstić information content (AvgIpc) is 3.25. The summed E-state index contributed by atoms with van der Waals surface area (Å²) in [5.41, 5.74) is 2.37. The van der Waals surface area contributed by atoms with Crippen molar-refractivity contribution in [3.05, 3.63) is 52.7 Å². The molecule has 4 aliphatic rings. The lowest BCUT2D eigenvalue weighted by atomic mass is 9.75. The Bertz CT molecular complexity index is 851. The molecule has 5 nitrogen and oxygen atoms in total. The summed E-state index contributed by atoms with van der Waals surface area (Å²) in [4.78, 5) is 18.1. The zero-order chi connectivity index (χ0) is 18.7. The van der Waals surface area contributed by atoms with Gasteiger partial charge in [0.1, 0.15) is 17.1 Å². The van der Waals surface area contributed by atoms with Crippen molar-refractivity contribution in [1.29, 1.82) is 0 Å². The minimum atomic E-state index is -0.220. The lowest BCUT2D eigenvalue weighted by Crippen LogP contribution is -2.60. The van der Waals surface area contributed by atoms with E-state index in [9.17, 15) is 9.18 Å². The molecule has 1 amide bonds. The van der Waals surface area contributed by atoms with Gasteiger partial charge in [-0.05, 0) is 63.4 Å². The predicted octanol–water partition coefficient (Wildman–Crippen LogP) is 3.13. The number of benzene rings is 1. The van der Waals surface area contributed by atoms with Crippen molar-refractivity contribution in [2.24, 2.45) is 5.92 Å². The number of carbonyl (C=O) groups is 1. The molecule has 6 rings (SSSR count). The molecule has 1 aromatic carbocycles. The third-order valence-electron chi connectivity index (χ3n) is 6.80. The molecule has 4 aliphatic heterocycles. The van der Waals surface area contributed by atoms with Crippen LogP contribution in [0.1, 0.15) is 46.1 Å². The zero-order valence-corrected chi connectivity index (χ0v) is 15.7. The van der Waals surface area contributed by atoms with Crippen LogP contribution in [0.5, 0.6) is 0 Å². The fourth-order valence-corrected chi connectivity index (χ4v) is 5.59. The van der Waals surface area contributed by atoms with Crippen LogP contribution in [0.25, 0.3) is 0 Å². The van der Waals surface area contributed by atoms with Gasteiger partial charge >= 0.3 is 0 Å². The molecule has 0 aliphatic carbocycles. The van der Waals surface area contributed by atoms with Gasteiger partial charge in [0.05, 0.1) is 11.7 Å². The quantitative estimate of drug-likeness (QED) is 0.816. The number of likely N-dealkylation sites (tertiary alicyclic amines) is 1. The van der Waals surface area contributed by atoms with E-state index in [4.69, 9.17) is 4.52 Å². The first kappa shape index (κ1) is 16.9. The van der Waals surface area contributed by atoms with Crippen molar-refractivity contribution in [2.45, 2.75) is 44.7 Å². The fourth-order valence-electron chi connectivity index (χ4n) is 5.59. The Balaban J connectivity index is 1.54. The number of halogens is 1. The molecule has 6 heteroatoms. The van der Waals surface area contributed by atoms with Crippen LogP contribution >= 0.6 is 0 Å². The largest absolute Gasteiger partial charge is 0.361 e. The minimum Gasteiger partial charge on any atom is -0.361 e. The minimum absolute atomic E-state index is 0.0274. The summed E-state index contributed by atoms with van der Waals surface area (Å²) < 4.78 is 18.7. The van der Waals surface area contributed by atoms with Crippen molar-refractivity contribution in [3.63, 3.8) is 0 Å². The van der Waals surface area contributed by atoms with Gasteiger partial charge < -0.3 is 9.42 Å². The van der Waals surface area contributed by atoms with Gasteiger partial charge in [-0.25, -0.2) is 4.39 Å². The second-order valence-electron chi connectivity index (χ2n) is 8.17. The number of amides is 1. The number of carbonyl (C=O) groups excluding carboxylic acids is 1. The maximum absolute atomic E-state index is 13.5. The molecule has 2 bridgehead atoms. The zero-order valence-electron chi connectivity index (χ0n) is 15.7. The van der Waals surface area contributed by atoms with Crippen molar-refractivity contribution in [1.82, 2.24) is 15.0 Å². The molecule has 0 radical (unpaired) electrons. The number of rotatable bonds is 2. The van der Waals surface area contributed by atoms with E-state index in [-0.39, 0.29) is 23.7 Å². The van der Waals surface area contributed by atoms with Crippen LogP contribution in [-0.2, 0) is 0 Å². The molecule has 4 saturated heterocycles. The normalized spacial score (nSPS) is 32.0. The lowest BCUT2D eigenvalue weighted by Gasteiger charge is -2.51. The van der Waals surface area contributed by atoms with Crippen molar-refractivity contribution < 1.29 is 13.7 Å². The molecule has 0 saturated carbocycles. The van der Waals surface area contributed by atoms with Crippen LogP contribution in [0, 0.1) is 25.6 Å². The summed E-state index contributed by atoms with van der Waals surface area (Å²) in [5.74, 6) is 1.14. The molecule has 4 fully saturated rings. The Morgan fingerprint density at radius 3 is 2.48 bits per heavy atom. The number of aryl methyl sites for hydroxylation is 2. The third-order valence-corrected chi connectivity index (χ3v) is 6.80. The average molecular weight is 369 g/mol. The fraction of sp³-hybridized carbons (Fsp3) is 0.524. The molecule has 3 atom stereocenters. The van der Waals surface area contributed by atoms with Crippen LogP contribution < -0.4 is 0 Å². The van der Waals surface area contributed by atoms with Gasteiger partial charge in [-0.3, -0.25) is 9.69 Å². The maximum atomic E-state index is 13.5. The van der Waals surface area contributed by atoms with E-state index in [1.54, 1.807) is 6.92 Å². The molecule has 0 spiro atoms. The molecule has 2 aromatic rings. The first-order valence-electron chi connectivity index (χ1n) is 9.78. The lowest BCUT2D eigenvalue weighted by molar-refractivity contribution is -0.00347. The molecular formula is C21H24FN3O2. The number of aromatic nitrogens is 1. The van der Waals surface area contributed by atoms with Crippen LogP contribution in [0.3, 0.4) is 0 Å². The smallest absolute Gasteiger partial charge is 0.259 e. The Morgan fingerprint density at radius 1 is 1.15 bits per heavy atom. The van der Waals surface area contributed by atoms with Gasteiger partial charge in [-0.15, -0.1) is 0 Å². The van der Waals surface area contributed by atoms with Gasteiger partial charge in [-0.1, -0.05) is 17.3 Å². The number of piperidine rings is 3. The molecule has 0 N–H and O–H groups in total. The highest BCUT2D eigenvalue weighted by atomic mass is 19.1. The van der Waals surface area contributed by atoms with Gasteiger partial charge in [0.15, 0.2) is 0 Å². The number of hydrogen-bond donors (Lipinski definition) is 0. The number of nitrogens with zero attached hydrogens (tertiary/aromatic N) is 3. The van der Waals surface area contributed by atoms with Crippen molar-refractivity contribution in [3.8, 4) is 0 Å². The topological polar surface area (TPSA) is 49.6 Å². The van der Waals surface area contributed by atoms with Crippen LogP contribution in [0.15, 0.2) is 28.8 Å². The summed E-state index contributed by atoms with van der Waals surface area (Å²) in [6, 6.07) is 7.34. The number of hydrogen-bond acceptors (Lipinski definition) is 4. The van der Waals surface area contributed by atoms with E-state index in [0.717, 1.165) is 31.5 Å². The van der Waals surface area contributed by atoms with Crippen molar-refractivity contribution in [2.75, 3.05) is 19.6 Å². The van der Waals surface area contributed by atoms with Gasteiger partial charge in [0.2, 0.25) is 0 Å². The molecule has 5 heterocycles.